The van der Waals surface area contributed by atoms with Crippen molar-refractivity contribution in [3.63, 3.8) is 0 Å². The van der Waals surface area contributed by atoms with Crippen LogP contribution < -0.4 is 0 Å². The van der Waals surface area contributed by atoms with Crippen molar-refractivity contribution in [3.8, 4) is 0 Å². The van der Waals surface area contributed by atoms with Crippen LogP contribution in [0.15, 0.2) is 36.4 Å². The summed E-state index contributed by atoms with van der Waals surface area (Å²) >= 11 is 6.32. The Balaban J connectivity index is 1.73. The number of amides is 1. The monoisotopic (exact) mass is 370 g/mol. The number of nitrogens with zero attached hydrogens (tertiary/aromatic N) is 2. The van der Waals surface area contributed by atoms with Crippen LogP contribution in [0.25, 0.3) is 0 Å². The lowest BCUT2D eigenvalue weighted by atomic mass is 9.91. The van der Waals surface area contributed by atoms with Crippen molar-refractivity contribution < 1.29 is 4.79 Å². The van der Waals surface area contributed by atoms with Crippen molar-refractivity contribution in [3.05, 3.63) is 63.9 Å². The second-order valence-electron chi connectivity index (χ2n) is 7.56. The molecule has 0 N–H and O–H groups in total. The Bertz CT molecular complexity index is 779. The summed E-state index contributed by atoms with van der Waals surface area (Å²) in [6, 6.07) is 12.4. The SMILES string of the molecule is Cc1cc(Cc2ccccc2Cl)cc(C2CCN(C(=O)C(C)C)CC2)n1. The zero-order chi connectivity index (χ0) is 18.7. The van der Waals surface area contributed by atoms with E-state index >= 15 is 0 Å². The summed E-state index contributed by atoms with van der Waals surface area (Å²) in [6.07, 6.45) is 2.79. The van der Waals surface area contributed by atoms with Crippen molar-refractivity contribution in [2.24, 2.45) is 5.92 Å². The van der Waals surface area contributed by atoms with E-state index in [1.54, 1.807) is 0 Å². The molecule has 138 valence electrons. The highest BCUT2D eigenvalue weighted by Gasteiger charge is 2.26. The summed E-state index contributed by atoms with van der Waals surface area (Å²) in [7, 11) is 0. The molecule has 1 aliphatic rings. The van der Waals surface area contributed by atoms with Crippen LogP contribution in [0, 0.1) is 12.8 Å². The van der Waals surface area contributed by atoms with E-state index < -0.39 is 0 Å². The van der Waals surface area contributed by atoms with Crippen LogP contribution in [0.4, 0.5) is 0 Å². The molecule has 2 heterocycles. The van der Waals surface area contributed by atoms with E-state index in [4.69, 9.17) is 16.6 Å². The number of benzene rings is 1. The van der Waals surface area contributed by atoms with Gasteiger partial charge in [0, 0.05) is 41.3 Å². The van der Waals surface area contributed by atoms with Crippen LogP contribution in [-0.2, 0) is 11.2 Å². The number of aryl methyl sites for hydroxylation is 1. The molecule has 0 aliphatic carbocycles. The molecular weight excluding hydrogens is 344 g/mol. The first-order valence-electron chi connectivity index (χ1n) is 9.43. The lowest BCUT2D eigenvalue weighted by Gasteiger charge is -2.33. The molecule has 1 aromatic carbocycles. The highest BCUT2D eigenvalue weighted by atomic mass is 35.5. The van der Waals surface area contributed by atoms with Gasteiger partial charge < -0.3 is 4.90 Å². The number of carbonyl (C=O) groups is 1. The molecular formula is C22H27ClN2O. The van der Waals surface area contributed by atoms with Gasteiger partial charge in [-0.05, 0) is 55.5 Å². The Morgan fingerprint density at radius 2 is 1.92 bits per heavy atom. The first-order valence-corrected chi connectivity index (χ1v) is 9.81. The molecule has 0 radical (unpaired) electrons. The predicted molar refractivity (Wildman–Crippen MR) is 107 cm³/mol. The van der Waals surface area contributed by atoms with E-state index in [9.17, 15) is 4.79 Å². The van der Waals surface area contributed by atoms with Crippen LogP contribution in [0.5, 0.6) is 0 Å². The summed E-state index contributed by atoms with van der Waals surface area (Å²) in [5.41, 5.74) is 4.60. The third-order valence-electron chi connectivity index (χ3n) is 5.10. The molecule has 3 rings (SSSR count). The van der Waals surface area contributed by atoms with Crippen LogP contribution in [0.1, 0.15) is 55.1 Å². The quantitative estimate of drug-likeness (QED) is 0.759. The lowest BCUT2D eigenvalue weighted by Crippen LogP contribution is -2.40. The summed E-state index contributed by atoms with van der Waals surface area (Å²) < 4.78 is 0. The molecule has 0 saturated carbocycles. The zero-order valence-electron chi connectivity index (χ0n) is 15.8. The fraction of sp³-hybridized carbons (Fsp3) is 0.455. The summed E-state index contributed by atoms with van der Waals surface area (Å²) in [4.78, 5) is 19.0. The predicted octanol–water partition coefficient (Wildman–Crippen LogP) is 5.00. The largest absolute Gasteiger partial charge is 0.342 e. The highest BCUT2D eigenvalue weighted by molar-refractivity contribution is 6.31. The Morgan fingerprint density at radius 1 is 1.23 bits per heavy atom. The van der Waals surface area contributed by atoms with Crippen LogP contribution in [0.3, 0.4) is 0 Å². The van der Waals surface area contributed by atoms with Crippen LogP contribution >= 0.6 is 11.6 Å². The Labute approximate surface area is 161 Å². The van der Waals surface area contributed by atoms with E-state index in [2.05, 4.69) is 25.1 Å². The molecule has 1 amide bonds. The molecule has 0 spiro atoms. The van der Waals surface area contributed by atoms with Gasteiger partial charge in [0.25, 0.3) is 0 Å². The summed E-state index contributed by atoms with van der Waals surface area (Å²) in [5, 5.41) is 0.809. The maximum Gasteiger partial charge on any atom is 0.225 e. The molecule has 3 nitrogen and oxygen atoms in total. The minimum atomic E-state index is 0.0749. The number of pyridine rings is 1. The van der Waals surface area contributed by atoms with E-state index in [1.165, 1.54) is 5.56 Å². The molecule has 0 atom stereocenters. The first kappa shape index (κ1) is 18.9. The van der Waals surface area contributed by atoms with E-state index in [0.717, 1.165) is 54.3 Å². The minimum Gasteiger partial charge on any atom is -0.342 e. The second kappa shape index (κ2) is 8.22. The van der Waals surface area contributed by atoms with Gasteiger partial charge in [0.1, 0.15) is 0 Å². The molecule has 2 aromatic rings. The molecule has 1 saturated heterocycles. The fourth-order valence-electron chi connectivity index (χ4n) is 3.70. The van der Waals surface area contributed by atoms with Gasteiger partial charge >= 0.3 is 0 Å². The number of carbonyl (C=O) groups excluding carboxylic acids is 1. The normalized spacial score (nSPS) is 15.5. The molecule has 0 bridgehead atoms. The number of rotatable bonds is 4. The third-order valence-corrected chi connectivity index (χ3v) is 5.47. The topological polar surface area (TPSA) is 33.2 Å². The van der Waals surface area contributed by atoms with Gasteiger partial charge in [0.15, 0.2) is 0 Å². The smallest absolute Gasteiger partial charge is 0.225 e. The van der Waals surface area contributed by atoms with Gasteiger partial charge in [-0.25, -0.2) is 0 Å². The molecule has 1 fully saturated rings. The maximum atomic E-state index is 12.2. The van der Waals surface area contributed by atoms with E-state index in [0.29, 0.717) is 5.92 Å². The fourth-order valence-corrected chi connectivity index (χ4v) is 3.90. The summed E-state index contributed by atoms with van der Waals surface area (Å²) in [6.45, 7) is 7.65. The van der Waals surface area contributed by atoms with Gasteiger partial charge in [-0.15, -0.1) is 0 Å². The zero-order valence-corrected chi connectivity index (χ0v) is 16.6. The number of piperidine rings is 1. The van der Waals surface area contributed by atoms with E-state index in [-0.39, 0.29) is 11.8 Å². The van der Waals surface area contributed by atoms with Crippen LogP contribution in [0.2, 0.25) is 5.02 Å². The van der Waals surface area contributed by atoms with Gasteiger partial charge in [0.05, 0.1) is 0 Å². The molecule has 1 aliphatic heterocycles. The van der Waals surface area contributed by atoms with Crippen molar-refractivity contribution in [2.45, 2.75) is 46.0 Å². The molecule has 26 heavy (non-hydrogen) atoms. The molecule has 0 unspecified atom stereocenters. The van der Waals surface area contributed by atoms with Gasteiger partial charge in [-0.2, -0.15) is 0 Å². The number of aromatic nitrogens is 1. The Kier molecular flexibility index (Phi) is 5.98. The number of halogens is 1. The Hall–Kier alpha value is -1.87. The standard InChI is InChI=1S/C22H27ClN2O/c1-15(2)22(26)25-10-8-18(9-11-25)21-14-17(12-16(3)24-21)13-19-6-4-5-7-20(19)23/h4-7,12,14-15,18H,8-11,13H2,1-3H3. The van der Waals surface area contributed by atoms with E-state index in [1.807, 2.05) is 36.9 Å². The number of hydrogen-bond acceptors (Lipinski definition) is 2. The maximum absolute atomic E-state index is 12.2. The first-order chi connectivity index (χ1) is 12.4. The summed E-state index contributed by atoms with van der Waals surface area (Å²) in [5.74, 6) is 0.766. The third kappa shape index (κ3) is 4.45. The van der Waals surface area contributed by atoms with Gasteiger partial charge in [0.2, 0.25) is 5.91 Å². The molecule has 1 aromatic heterocycles. The Morgan fingerprint density at radius 3 is 2.58 bits per heavy atom. The lowest BCUT2D eigenvalue weighted by molar-refractivity contribution is -0.135. The average Bonchev–Trinajstić information content (AvgIpc) is 2.62. The second-order valence-corrected chi connectivity index (χ2v) is 7.97. The van der Waals surface area contributed by atoms with Crippen LogP contribution in [-0.4, -0.2) is 28.9 Å². The van der Waals surface area contributed by atoms with Crippen molar-refractivity contribution in [1.82, 2.24) is 9.88 Å². The van der Waals surface area contributed by atoms with Crippen molar-refractivity contribution in [1.29, 1.82) is 0 Å². The highest BCUT2D eigenvalue weighted by Crippen LogP contribution is 2.29. The van der Waals surface area contributed by atoms with Gasteiger partial charge in [-0.1, -0.05) is 43.6 Å². The average molecular weight is 371 g/mol. The molecule has 4 heteroatoms. The number of hydrogen-bond donors (Lipinski definition) is 0. The number of likely N-dealkylation sites (tertiary alicyclic amines) is 1. The minimum absolute atomic E-state index is 0.0749. The van der Waals surface area contributed by atoms with Crippen molar-refractivity contribution in [2.75, 3.05) is 13.1 Å². The van der Waals surface area contributed by atoms with Crippen molar-refractivity contribution >= 4 is 17.5 Å². The van der Waals surface area contributed by atoms with Gasteiger partial charge in [-0.3, -0.25) is 9.78 Å².